The maximum absolute atomic E-state index is 12.0. The lowest BCUT2D eigenvalue weighted by atomic mass is 10.1. The number of carbonyl (C=O) groups is 2. The summed E-state index contributed by atoms with van der Waals surface area (Å²) in [5, 5.41) is 14.4. The van der Waals surface area contributed by atoms with Crippen molar-refractivity contribution in [1.29, 1.82) is 5.26 Å². The minimum atomic E-state index is -0.239. The van der Waals surface area contributed by atoms with Gasteiger partial charge in [0.2, 0.25) is 5.91 Å². The molecule has 1 heterocycles. The predicted octanol–water partition coefficient (Wildman–Crippen LogP) is 0.957. The number of hydrogen-bond donors (Lipinski definition) is 2. The Morgan fingerprint density at radius 3 is 3.11 bits per heavy atom. The van der Waals surface area contributed by atoms with Gasteiger partial charge in [-0.3, -0.25) is 9.59 Å². The first kappa shape index (κ1) is 13.1. The van der Waals surface area contributed by atoms with Crippen LogP contribution in [0.3, 0.4) is 0 Å². The maximum atomic E-state index is 12.0. The number of carbonyl (C=O) groups excluding carboxylic acids is 2. The molecule has 0 radical (unpaired) electrons. The van der Waals surface area contributed by atoms with Crippen molar-refractivity contribution < 1.29 is 9.59 Å². The fourth-order valence-electron chi connectivity index (χ4n) is 2.10. The van der Waals surface area contributed by atoms with E-state index in [1.165, 1.54) is 0 Å². The number of amides is 2. The Morgan fingerprint density at radius 1 is 1.47 bits per heavy atom. The molecule has 1 unspecified atom stereocenters. The van der Waals surface area contributed by atoms with Gasteiger partial charge >= 0.3 is 0 Å². The number of nitriles is 1. The Hall–Kier alpha value is -2.35. The molecule has 1 aromatic rings. The molecule has 98 valence electrons. The van der Waals surface area contributed by atoms with Gasteiger partial charge in [-0.05, 0) is 31.0 Å². The van der Waals surface area contributed by atoms with Crippen LogP contribution in [0.2, 0.25) is 0 Å². The summed E-state index contributed by atoms with van der Waals surface area (Å²) in [4.78, 5) is 23.5. The van der Waals surface area contributed by atoms with Crippen LogP contribution in [0.1, 0.15) is 35.2 Å². The molecule has 1 saturated heterocycles. The van der Waals surface area contributed by atoms with Crippen molar-refractivity contribution >= 4 is 11.8 Å². The van der Waals surface area contributed by atoms with Crippen molar-refractivity contribution in [2.24, 2.45) is 0 Å². The van der Waals surface area contributed by atoms with E-state index >= 15 is 0 Å². The molecule has 19 heavy (non-hydrogen) atoms. The van der Waals surface area contributed by atoms with Crippen LogP contribution >= 0.6 is 0 Å². The van der Waals surface area contributed by atoms with E-state index in [-0.39, 0.29) is 17.9 Å². The molecule has 0 spiro atoms. The highest BCUT2D eigenvalue weighted by Gasteiger charge is 2.19. The molecule has 2 rings (SSSR count). The number of rotatable bonds is 2. The SMILES string of the molecule is N#Cc1cccc(C(=O)NC2CCCNC(=O)C2)c1. The van der Waals surface area contributed by atoms with Crippen LogP contribution < -0.4 is 10.6 Å². The van der Waals surface area contributed by atoms with Gasteiger partial charge in [0.25, 0.3) is 5.91 Å². The van der Waals surface area contributed by atoms with E-state index in [2.05, 4.69) is 10.6 Å². The van der Waals surface area contributed by atoms with Crippen LogP contribution in [-0.2, 0) is 4.79 Å². The zero-order valence-electron chi connectivity index (χ0n) is 10.5. The summed E-state index contributed by atoms with van der Waals surface area (Å²) < 4.78 is 0. The zero-order valence-corrected chi connectivity index (χ0v) is 10.5. The van der Waals surface area contributed by atoms with Crippen molar-refractivity contribution in [3.8, 4) is 6.07 Å². The van der Waals surface area contributed by atoms with Gasteiger partial charge in [-0.1, -0.05) is 6.07 Å². The second-order valence-electron chi connectivity index (χ2n) is 4.56. The normalized spacial score (nSPS) is 18.9. The zero-order chi connectivity index (χ0) is 13.7. The summed E-state index contributed by atoms with van der Waals surface area (Å²) >= 11 is 0. The largest absolute Gasteiger partial charge is 0.356 e. The first-order valence-corrected chi connectivity index (χ1v) is 6.27. The van der Waals surface area contributed by atoms with Crippen molar-refractivity contribution in [1.82, 2.24) is 10.6 Å². The number of hydrogen-bond acceptors (Lipinski definition) is 3. The lowest BCUT2D eigenvalue weighted by Crippen LogP contribution is -2.36. The summed E-state index contributed by atoms with van der Waals surface area (Å²) in [6.45, 7) is 0.662. The molecule has 1 aromatic carbocycles. The minimum absolute atomic E-state index is 0.0337. The van der Waals surface area contributed by atoms with Gasteiger partial charge < -0.3 is 10.6 Å². The van der Waals surface area contributed by atoms with Crippen LogP contribution in [0.15, 0.2) is 24.3 Å². The molecule has 1 fully saturated rings. The maximum Gasteiger partial charge on any atom is 0.251 e. The van der Waals surface area contributed by atoms with Crippen molar-refractivity contribution in [3.63, 3.8) is 0 Å². The number of nitrogens with one attached hydrogen (secondary N) is 2. The van der Waals surface area contributed by atoms with E-state index in [0.717, 1.165) is 12.8 Å². The quantitative estimate of drug-likeness (QED) is 0.827. The monoisotopic (exact) mass is 257 g/mol. The van der Waals surface area contributed by atoms with Crippen LogP contribution in [0.25, 0.3) is 0 Å². The van der Waals surface area contributed by atoms with Crippen LogP contribution in [0.4, 0.5) is 0 Å². The molecule has 0 bridgehead atoms. The van der Waals surface area contributed by atoms with Crippen molar-refractivity contribution in [2.45, 2.75) is 25.3 Å². The van der Waals surface area contributed by atoms with Gasteiger partial charge in [0.1, 0.15) is 0 Å². The van der Waals surface area contributed by atoms with Gasteiger partial charge in [0.15, 0.2) is 0 Å². The summed E-state index contributed by atoms with van der Waals surface area (Å²) in [6, 6.07) is 8.39. The van der Waals surface area contributed by atoms with E-state index in [1.807, 2.05) is 6.07 Å². The van der Waals surface area contributed by atoms with Crippen LogP contribution in [0, 0.1) is 11.3 Å². The van der Waals surface area contributed by atoms with Gasteiger partial charge in [-0.25, -0.2) is 0 Å². The fraction of sp³-hybridized carbons (Fsp3) is 0.357. The molecule has 0 saturated carbocycles. The minimum Gasteiger partial charge on any atom is -0.356 e. The smallest absolute Gasteiger partial charge is 0.251 e. The fourth-order valence-corrected chi connectivity index (χ4v) is 2.10. The summed E-state index contributed by atoms with van der Waals surface area (Å²) in [7, 11) is 0. The summed E-state index contributed by atoms with van der Waals surface area (Å²) in [5.74, 6) is -0.273. The molecule has 2 amide bonds. The summed E-state index contributed by atoms with van der Waals surface area (Å²) in [6.07, 6.45) is 1.95. The third-order valence-electron chi connectivity index (χ3n) is 3.07. The highest BCUT2D eigenvalue weighted by Crippen LogP contribution is 2.09. The first-order valence-electron chi connectivity index (χ1n) is 6.27. The number of benzene rings is 1. The average molecular weight is 257 g/mol. The molecule has 5 nitrogen and oxygen atoms in total. The highest BCUT2D eigenvalue weighted by molar-refractivity contribution is 5.95. The Balaban J connectivity index is 2.03. The van der Waals surface area contributed by atoms with E-state index in [4.69, 9.17) is 5.26 Å². The Labute approximate surface area is 111 Å². The van der Waals surface area contributed by atoms with E-state index in [0.29, 0.717) is 24.1 Å². The molecule has 1 aliphatic heterocycles. The Kier molecular flexibility index (Phi) is 4.14. The molecular weight excluding hydrogens is 242 g/mol. The molecule has 5 heteroatoms. The molecular formula is C14H15N3O2. The molecule has 1 aliphatic rings. The highest BCUT2D eigenvalue weighted by atomic mass is 16.2. The Morgan fingerprint density at radius 2 is 2.32 bits per heavy atom. The van der Waals surface area contributed by atoms with Gasteiger partial charge in [0, 0.05) is 24.6 Å². The van der Waals surface area contributed by atoms with Crippen molar-refractivity contribution in [3.05, 3.63) is 35.4 Å². The molecule has 2 N–H and O–H groups in total. The van der Waals surface area contributed by atoms with Crippen molar-refractivity contribution in [2.75, 3.05) is 6.54 Å². The second-order valence-corrected chi connectivity index (χ2v) is 4.56. The lowest BCUT2D eigenvalue weighted by molar-refractivity contribution is -0.121. The second kappa shape index (κ2) is 6.01. The Bertz CT molecular complexity index is 534. The average Bonchev–Trinajstić information content (AvgIpc) is 2.63. The van der Waals surface area contributed by atoms with Crippen LogP contribution in [-0.4, -0.2) is 24.4 Å². The molecule has 0 aliphatic carbocycles. The first-order chi connectivity index (χ1) is 9.19. The number of nitrogens with zero attached hydrogens (tertiary/aromatic N) is 1. The van der Waals surface area contributed by atoms with E-state index < -0.39 is 0 Å². The van der Waals surface area contributed by atoms with Gasteiger partial charge in [-0.15, -0.1) is 0 Å². The predicted molar refractivity (Wildman–Crippen MR) is 69.3 cm³/mol. The lowest BCUT2D eigenvalue weighted by Gasteiger charge is -2.15. The topological polar surface area (TPSA) is 82.0 Å². The van der Waals surface area contributed by atoms with Crippen LogP contribution in [0.5, 0.6) is 0 Å². The van der Waals surface area contributed by atoms with Gasteiger partial charge in [-0.2, -0.15) is 5.26 Å². The standard InChI is InChI=1S/C14H15N3O2/c15-9-10-3-1-4-11(7-10)14(19)17-12-5-2-6-16-13(18)8-12/h1,3-4,7,12H,2,5-6,8H2,(H,16,18)(H,17,19). The van der Waals surface area contributed by atoms with E-state index in [9.17, 15) is 9.59 Å². The van der Waals surface area contributed by atoms with E-state index in [1.54, 1.807) is 24.3 Å². The molecule has 0 aromatic heterocycles. The third kappa shape index (κ3) is 3.55. The summed E-state index contributed by atoms with van der Waals surface area (Å²) in [5.41, 5.74) is 0.898. The van der Waals surface area contributed by atoms with Gasteiger partial charge in [0.05, 0.1) is 11.6 Å². The molecule has 1 atom stereocenters. The third-order valence-corrected chi connectivity index (χ3v) is 3.07.